The molecule has 0 spiro atoms. The van der Waals surface area contributed by atoms with E-state index in [1.165, 1.54) is 29.5 Å². The Bertz CT molecular complexity index is 1140. The molecule has 0 atom stereocenters. The molecule has 0 saturated heterocycles. The number of amides is 2. The van der Waals surface area contributed by atoms with E-state index in [9.17, 15) is 18.0 Å². The molecule has 1 aromatic heterocycles. The summed E-state index contributed by atoms with van der Waals surface area (Å²) in [5.41, 5.74) is 1.68. The second kappa shape index (κ2) is 6.60. The van der Waals surface area contributed by atoms with Gasteiger partial charge in [-0.25, -0.2) is 17.7 Å². The summed E-state index contributed by atoms with van der Waals surface area (Å²) in [7, 11) is -4.01. The lowest BCUT2D eigenvalue weighted by Gasteiger charge is -2.13. The number of carbonyl (C=O) groups is 2. The van der Waals surface area contributed by atoms with Crippen LogP contribution >= 0.6 is 11.3 Å². The van der Waals surface area contributed by atoms with Crippen LogP contribution in [0.1, 0.15) is 10.4 Å². The zero-order chi connectivity index (χ0) is 19.0. The summed E-state index contributed by atoms with van der Waals surface area (Å²) in [6.45, 7) is -0.601. The quantitative estimate of drug-likeness (QED) is 0.727. The van der Waals surface area contributed by atoms with Gasteiger partial charge in [0, 0.05) is 10.9 Å². The zero-order valence-electron chi connectivity index (χ0n) is 13.8. The molecular weight excluding hydrogens is 386 g/mol. The fourth-order valence-corrected chi connectivity index (χ4v) is 5.01. The number of hydrogen-bond donors (Lipinski definition) is 1. The number of nitrogens with zero attached hydrogens (tertiary/aromatic N) is 2. The highest BCUT2D eigenvalue weighted by atomic mass is 32.2. The molecule has 1 N–H and O–H groups in total. The number of carbonyl (C=O) groups excluding carboxylic acids is 2. The first-order valence-electron chi connectivity index (χ1n) is 7.94. The van der Waals surface area contributed by atoms with Crippen LogP contribution in [0.15, 0.2) is 64.9 Å². The molecule has 2 aromatic carbocycles. The summed E-state index contributed by atoms with van der Waals surface area (Å²) in [6.07, 6.45) is 0. The Labute approximate surface area is 159 Å². The number of hydrogen-bond acceptors (Lipinski definition) is 6. The average molecular weight is 399 g/mol. The van der Waals surface area contributed by atoms with Gasteiger partial charge in [0.25, 0.3) is 15.9 Å². The van der Waals surface area contributed by atoms with Crippen LogP contribution in [0.2, 0.25) is 0 Å². The van der Waals surface area contributed by atoms with Gasteiger partial charge < -0.3 is 5.32 Å². The summed E-state index contributed by atoms with van der Waals surface area (Å²) in [5.74, 6) is -1.33. The van der Waals surface area contributed by atoms with Gasteiger partial charge in [0.15, 0.2) is 5.13 Å². The predicted octanol–water partition coefficient (Wildman–Crippen LogP) is 2.59. The molecule has 0 fully saturated rings. The van der Waals surface area contributed by atoms with Crippen molar-refractivity contribution in [2.24, 2.45) is 0 Å². The number of anilines is 1. The van der Waals surface area contributed by atoms with E-state index in [2.05, 4.69) is 10.3 Å². The van der Waals surface area contributed by atoms with Gasteiger partial charge >= 0.3 is 0 Å². The fourth-order valence-electron chi connectivity index (χ4n) is 2.75. The maximum absolute atomic E-state index is 12.5. The van der Waals surface area contributed by atoms with E-state index in [-0.39, 0.29) is 10.5 Å². The zero-order valence-corrected chi connectivity index (χ0v) is 15.5. The van der Waals surface area contributed by atoms with Crippen molar-refractivity contribution >= 4 is 38.3 Å². The van der Waals surface area contributed by atoms with Crippen LogP contribution in [-0.2, 0) is 14.8 Å². The number of nitrogens with one attached hydrogen (secondary N) is 1. The number of thiazole rings is 1. The number of benzene rings is 2. The van der Waals surface area contributed by atoms with Crippen LogP contribution in [0.5, 0.6) is 0 Å². The summed E-state index contributed by atoms with van der Waals surface area (Å²) >= 11 is 1.22. The van der Waals surface area contributed by atoms with Crippen LogP contribution in [0.25, 0.3) is 11.3 Å². The van der Waals surface area contributed by atoms with Crippen molar-refractivity contribution in [1.82, 2.24) is 9.29 Å². The highest BCUT2D eigenvalue weighted by Gasteiger charge is 2.41. The summed E-state index contributed by atoms with van der Waals surface area (Å²) in [4.78, 5) is 28.9. The lowest BCUT2D eigenvalue weighted by atomic mass is 10.2. The van der Waals surface area contributed by atoms with Gasteiger partial charge in [0.2, 0.25) is 5.91 Å². The molecule has 0 aliphatic carbocycles. The van der Waals surface area contributed by atoms with Crippen molar-refractivity contribution in [1.29, 1.82) is 0 Å². The van der Waals surface area contributed by atoms with Crippen LogP contribution in [0.4, 0.5) is 5.13 Å². The van der Waals surface area contributed by atoms with Crippen LogP contribution in [0.3, 0.4) is 0 Å². The highest BCUT2D eigenvalue weighted by molar-refractivity contribution is 7.90. The Balaban J connectivity index is 1.50. The van der Waals surface area contributed by atoms with Crippen molar-refractivity contribution in [2.45, 2.75) is 4.90 Å². The van der Waals surface area contributed by atoms with Crippen molar-refractivity contribution in [2.75, 3.05) is 11.9 Å². The smallest absolute Gasteiger partial charge is 0.269 e. The van der Waals surface area contributed by atoms with E-state index >= 15 is 0 Å². The lowest BCUT2D eigenvalue weighted by Crippen LogP contribution is -2.37. The number of rotatable bonds is 4. The summed E-state index contributed by atoms with van der Waals surface area (Å²) in [5, 5.41) is 4.68. The third kappa shape index (κ3) is 3.11. The normalized spacial score (nSPS) is 14.8. The Morgan fingerprint density at radius 3 is 2.52 bits per heavy atom. The molecule has 9 heteroatoms. The molecular formula is C18H13N3O4S2. The Morgan fingerprint density at radius 1 is 1.07 bits per heavy atom. The van der Waals surface area contributed by atoms with Gasteiger partial charge in [-0.05, 0) is 12.1 Å². The van der Waals surface area contributed by atoms with Gasteiger partial charge in [0.05, 0.1) is 11.3 Å². The molecule has 1 aliphatic heterocycles. The van der Waals surface area contributed by atoms with Crippen molar-refractivity contribution in [3.63, 3.8) is 0 Å². The first kappa shape index (κ1) is 17.4. The molecule has 2 heterocycles. The largest absolute Gasteiger partial charge is 0.300 e. The minimum Gasteiger partial charge on any atom is -0.300 e. The Kier molecular flexibility index (Phi) is 4.25. The predicted molar refractivity (Wildman–Crippen MR) is 101 cm³/mol. The molecule has 0 radical (unpaired) electrons. The van der Waals surface area contributed by atoms with Crippen LogP contribution < -0.4 is 5.32 Å². The monoisotopic (exact) mass is 399 g/mol. The highest BCUT2D eigenvalue weighted by Crippen LogP contribution is 2.30. The molecule has 4 rings (SSSR count). The van der Waals surface area contributed by atoms with Crippen LogP contribution in [0, 0.1) is 0 Å². The van der Waals surface area contributed by atoms with E-state index in [4.69, 9.17) is 0 Å². The first-order chi connectivity index (χ1) is 13.0. The Morgan fingerprint density at radius 2 is 1.78 bits per heavy atom. The van der Waals surface area contributed by atoms with E-state index in [1.54, 1.807) is 11.4 Å². The fraction of sp³-hybridized carbons (Fsp3) is 0.0556. The topological polar surface area (TPSA) is 96.4 Å². The maximum atomic E-state index is 12.5. The standard InChI is InChI=1S/C18H13N3O4S2/c22-16(20-18-19-14(11-26-18)12-6-2-1-3-7-12)10-21-17(23)13-8-4-5-9-15(13)27(21,24)25/h1-9,11H,10H2,(H,19,20,22). The molecule has 0 saturated carbocycles. The Hall–Kier alpha value is -3.04. The molecule has 0 bridgehead atoms. The molecule has 136 valence electrons. The van der Waals surface area contributed by atoms with Gasteiger partial charge in [0.1, 0.15) is 11.4 Å². The van der Waals surface area contributed by atoms with E-state index < -0.39 is 28.4 Å². The molecule has 3 aromatic rings. The van der Waals surface area contributed by atoms with Crippen molar-refractivity contribution in [3.8, 4) is 11.3 Å². The van der Waals surface area contributed by atoms with Crippen LogP contribution in [-0.4, -0.2) is 36.1 Å². The number of aromatic nitrogens is 1. The van der Waals surface area contributed by atoms with Gasteiger partial charge in [-0.15, -0.1) is 11.3 Å². The number of sulfonamides is 1. The second-order valence-corrected chi connectivity index (χ2v) is 8.45. The molecule has 2 amide bonds. The molecule has 7 nitrogen and oxygen atoms in total. The minimum absolute atomic E-state index is 0.0749. The van der Waals surface area contributed by atoms with Gasteiger partial charge in [-0.2, -0.15) is 0 Å². The van der Waals surface area contributed by atoms with Crippen molar-refractivity contribution < 1.29 is 18.0 Å². The summed E-state index contributed by atoms with van der Waals surface area (Å²) in [6, 6.07) is 15.4. The lowest BCUT2D eigenvalue weighted by molar-refractivity contribution is -0.116. The van der Waals surface area contributed by atoms with E-state index in [1.807, 2.05) is 30.3 Å². The average Bonchev–Trinajstić information content (AvgIpc) is 3.20. The van der Waals surface area contributed by atoms with E-state index in [0.717, 1.165) is 5.56 Å². The minimum atomic E-state index is -4.01. The third-order valence-corrected chi connectivity index (χ3v) is 6.56. The number of fused-ring (bicyclic) bond motifs is 1. The first-order valence-corrected chi connectivity index (χ1v) is 10.3. The molecule has 27 heavy (non-hydrogen) atoms. The molecule has 1 aliphatic rings. The summed E-state index contributed by atoms with van der Waals surface area (Å²) < 4.78 is 25.5. The van der Waals surface area contributed by atoms with E-state index in [0.29, 0.717) is 15.1 Å². The van der Waals surface area contributed by atoms with Crippen molar-refractivity contribution in [3.05, 3.63) is 65.5 Å². The third-order valence-electron chi connectivity index (χ3n) is 4.02. The SMILES string of the molecule is O=C(CN1C(=O)c2ccccc2S1(=O)=O)Nc1nc(-c2ccccc2)cs1. The second-order valence-electron chi connectivity index (χ2n) is 5.77. The van der Waals surface area contributed by atoms with Gasteiger partial charge in [-0.1, -0.05) is 42.5 Å². The van der Waals surface area contributed by atoms with Gasteiger partial charge in [-0.3, -0.25) is 9.59 Å². The maximum Gasteiger partial charge on any atom is 0.269 e. The molecule has 0 unspecified atom stereocenters.